The quantitative estimate of drug-likeness (QED) is 0.832. The van der Waals surface area contributed by atoms with Gasteiger partial charge in [0.2, 0.25) is 5.91 Å². The molecule has 0 spiro atoms. The van der Waals surface area contributed by atoms with Gasteiger partial charge in [0, 0.05) is 13.1 Å². The van der Waals surface area contributed by atoms with Gasteiger partial charge < -0.3 is 15.0 Å². The summed E-state index contributed by atoms with van der Waals surface area (Å²) in [4.78, 5) is 21.5. The van der Waals surface area contributed by atoms with Crippen molar-refractivity contribution in [1.82, 2.24) is 14.9 Å². The zero-order valence-corrected chi connectivity index (χ0v) is 10.9. The van der Waals surface area contributed by atoms with Crippen molar-refractivity contribution in [2.24, 2.45) is 0 Å². The second kappa shape index (κ2) is 5.86. The SMILES string of the molecule is COc1c(Cl)ncnc1NCC(=O)N1CCCC1. The van der Waals surface area contributed by atoms with Gasteiger partial charge in [0.25, 0.3) is 0 Å². The third-order valence-electron chi connectivity index (χ3n) is 2.83. The molecular formula is C11H15ClN4O2. The van der Waals surface area contributed by atoms with Crippen LogP contribution in [0.1, 0.15) is 12.8 Å². The Labute approximate surface area is 110 Å². The van der Waals surface area contributed by atoms with E-state index < -0.39 is 0 Å². The number of rotatable bonds is 4. The molecule has 1 aliphatic rings. The van der Waals surface area contributed by atoms with Gasteiger partial charge in [-0.2, -0.15) is 0 Å². The van der Waals surface area contributed by atoms with Crippen molar-refractivity contribution in [3.05, 3.63) is 11.5 Å². The standard InChI is InChI=1S/C11H15ClN4O2/c1-18-9-10(12)14-7-15-11(9)13-6-8(17)16-4-2-3-5-16/h7H,2-6H2,1H3,(H,13,14,15). The minimum Gasteiger partial charge on any atom is -0.490 e. The second-order valence-electron chi connectivity index (χ2n) is 3.99. The van der Waals surface area contributed by atoms with Crippen LogP contribution in [0.15, 0.2) is 6.33 Å². The molecule has 6 nitrogen and oxygen atoms in total. The Morgan fingerprint density at radius 1 is 1.50 bits per heavy atom. The van der Waals surface area contributed by atoms with Crippen LogP contribution in [0.2, 0.25) is 5.15 Å². The van der Waals surface area contributed by atoms with E-state index in [1.54, 1.807) is 0 Å². The largest absolute Gasteiger partial charge is 0.490 e. The zero-order chi connectivity index (χ0) is 13.0. The van der Waals surface area contributed by atoms with Gasteiger partial charge in [0.05, 0.1) is 13.7 Å². The minimum absolute atomic E-state index is 0.0595. The Bertz CT molecular complexity index is 435. The first-order valence-corrected chi connectivity index (χ1v) is 6.16. The molecule has 1 aliphatic heterocycles. The molecule has 1 aromatic rings. The molecule has 2 heterocycles. The van der Waals surface area contributed by atoms with Gasteiger partial charge in [0.15, 0.2) is 16.7 Å². The van der Waals surface area contributed by atoms with Crippen LogP contribution in [0.4, 0.5) is 5.82 Å². The minimum atomic E-state index is 0.0595. The molecule has 0 atom stereocenters. The summed E-state index contributed by atoms with van der Waals surface area (Å²) in [5.41, 5.74) is 0. The van der Waals surface area contributed by atoms with Crippen LogP contribution in [-0.4, -0.2) is 47.5 Å². The van der Waals surface area contributed by atoms with Crippen LogP contribution in [-0.2, 0) is 4.79 Å². The highest BCUT2D eigenvalue weighted by atomic mass is 35.5. The number of carbonyl (C=O) groups is 1. The summed E-state index contributed by atoms with van der Waals surface area (Å²) >= 11 is 5.86. The van der Waals surface area contributed by atoms with Crippen molar-refractivity contribution in [2.75, 3.05) is 32.1 Å². The summed E-state index contributed by atoms with van der Waals surface area (Å²) in [5.74, 6) is 0.850. The Morgan fingerprint density at radius 3 is 2.89 bits per heavy atom. The highest BCUT2D eigenvalue weighted by molar-refractivity contribution is 6.31. The number of nitrogens with zero attached hydrogens (tertiary/aromatic N) is 3. The van der Waals surface area contributed by atoms with E-state index in [0.29, 0.717) is 11.6 Å². The lowest BCUT2D eigenvalue weighted by Crippen LogP contribution is -2.33. The lowest BCUT2D eigenvalue weighted by atomic mass is 10.4. The van der Waals surface area contributed by atoms with Crippen LogP contribution in [0, 0.1) is 0 Å². The van der Waals surface area contributed by atoms with E-state index >= 15 is 0 Å². The van der Waals surface area contributed by atoms with Crippen molar-refractivity contribution >= 4 is 23.3 Å². The number of anilines is 1. The summed E-state index contributed by atoms with van der Waals surface area (Å²) in [6.45, 7) is 1.86. The lowest BCUT2D eigenvalue weighted by Gasteiger charge is -2.16. The molecule has 1 aromatic heterocycles. The number of likely N-dealkylation sites (tertiary alicyclic amines) is 1. The van der Waals surface area contributed by atoms with E-state index in [9.17, 15) is 4.79 Å². The normalized spacial score (nSPS) is 14.7. The van der Waals surface area contributed by atoms with Crippen LogP contribution in [0.25, 0.3) is 0 Å². The molecule has 1 N–H and O–H groups in total. The first-order valence-electron chi connectivity index (χ1n) is 5.78. The van der Waals surface area contributed by atoms with Gasteiger partial charge in [-0.15, -0.1) is 0 Å². The van der Waals surface area contributed by atoms with Crippen molar-refractivity contribution in [3.63, 3.8) is 0 Å². The average Bonchev–Trinajstić information content (AvgIpc) is 2.90. The fourth-order valence-electron chi connectivity index (χ4n) is 1.90. The molecule has 1 saturated heterocycles. The average molecular weight is 271 g/mol. The summed E-state index contributed by atoms with van der Waals surface area (Å²) in [7, 11) is 1.48. The molecule has 98 valence electrons. The predicted molar refractivity (Wildman–Crippen MR) is 67.9 cm³/mol. The van der Waals surface area contributed by atoms with E-state index in [2.05, 4.69) is 15.3 Å². The number of methoxy groups -OCH3 is 1. The smallest absolute Gasteiger partial charge is 0.241 e. The number of hydrogen-bond donors (Lipinski definition) is 1. The third-order valence-corrected chi connectivity index (χ3v) is 3.10. The first-order chi connectivity index (χ1) is 8.72. The molecule has 18 heavy (non-hydrogen) atoms. The van der Waals surface area contributed by atoms with Crippen LogP contribution in [0.3, 0.4) is 0 Å². The predicted octanol–water partition coefficient (Wildman–Crippen LogP) is 1.17. The molecule has 0 unspecified atom stereocenters. The van der Waals surface area contributed by atoms with Crippen molar-refractivity contribution in [1.29, 1.82) is 0 Å². The Kier molecular flexibility index (Phi) is 4.19. The zero-order valence-electron chi connectivity index (χ0n) is 10.1. The van der Waals surface area contributed by atoms with E-state index in [1.165, 1.54) is 13.4 Å². The maximum atomic E-state index is 11.8. The van der Waals surface area contributed by atoms with E-state index in [-0.39, 0.29) is 17.6 Å². The van der Waals surface area contributed by atoms with Crippen LogP contribution >= 0.6 is 11.6 Å². The number of carbonyl (C=O) groups excluding carboxylic acids is 1. The van der Waals surface area contributed by atoms with E-state index in [4.69, 9.17) is 16.3 Å². The molecule has 2 rings (SSSR count). The van der Waals surface area contributed by atoms with Gasteiger partial charge in [-0.3, -0.25) is 4.79 Å². The monoisotopic (exact) mass is 270 g/mol. The maximum Gasteiger partial charge on any atom is 0.241 e. The van der Waals surface area contributed by atoms with Crippen molar-refractivity contribution < 1.29 is 9.53 Å². The Hall–Kier alpha value is -1.56. The maximum absolute atomic E-state index is 11.8. The Morgan fingerprint density at radius 2 is 2.22 bits per heavy atom. The number of ether oxygens (including phenoxy) is 1. The molecule has 0 saturated carbocycles. The molecule has 7 heteroatoms. The topological polar surface area (TPSA) is 67.4 Å². The van der Waals surface area contributed by atoms with Crippen LogP contribution in [0.5, 0.6) is 5.75 Å². The third kappa shape index (κ3) is 2.81. The highest BCUT2D eigenvalue weighted by Crippen LogP contribution is 2.28. The van der Waals surface area contributed by atoms with Crippen LogP contribution < -0.4 is 10.1 Å². The first kappa shape index (κ1) is 12.9. The Balaban J connectivity index is 1.97. The van der Waals surface area contributed by atoms with Gasteiger partial charge in [-0.25, -0.2) is 9.97 Å². The summed E-state index contributed by atoms with van der Waals surface area (Å²) in [6.07, 6.45) is 3.48. The summed E-state index contributed by atoms with van der Waals surface area (Å²) < 4.78 is 5.09. The molecule has 0 aromatic carbocycles. The molecular weight excluding hydrogens is 256 g/mol. The number of aromatic nitrogens is 2. The fraction of sp³-hybridized carbons (Fsp3) is 0.545. The summed E-state index contributed by atoms with van der Waals surface area (Å²) in [5, 5.41) is 3.16. The molecule has 1 amide bonds. The number of halogens is 1. The van der Waals surface area contributed by atoms with Crippen molar-refractivity contribution in [3.8, 4) is 5.75 Å². The van der Waals surface area contributed by atoms with Gasteiger partial charge in [-0.05, 0) is 12.8 Å². The summed E-state index contributed by atoms with van der Waals surface area (Å²) in [6, 6.07) is 0. The second-order valence-corrected chi connectivity index (χ2v) is 4.35. The molecule has 1 fully saturated rings. The number of hydrogen-bond acceptors (Lipinski definition) is 5. The molecule has 0 bridgehead atoms. The van der Waals surface area contributed by atoms with Gasteiger partial charge >= 0.3 is 0 Å². The van der Waals surface area contributed by atoms with E-state index in [0.717, 1.165) is 25.9 Å². The van der Waals surface area contributed by atoms with Gasteiger partial charge in [-0.1, -0.05) is 11.6 Å². The number of amides is 1. The lowest BCUT2D eigenvalue weighted by molar-refractivity contribution is -0.128. The van der Waals surface area contributed by atoms with Crippen molar-refractivity contribution in [2.45, 2.75) is 12.8 Å². The van der Waals surface area contributed by atoms with E-state index in [1.807, 2.05) is 4.90 Å². The molecule has 0 aliphatic carbocycles. The fourth-order valence-corrected chi connectivity index (χ4v) is 2.11. The highest BCUT2D eigenvalue weighted by Gasteiger charge is 2.18. The van der Waals surface area contributed by atoms with Gasteiger partial charge in [0.1, 0.15) is 6.33 Å². The molecule has 0 radical (unpaired) electrons. The number of nitrogens with one attached hydrogen (secondary N) is 1.